The lowest BCUT2D eigenvalue weighted by Gasteiger charge is -2.31. The number of anilines is 1. The number of nitrogens with zero attached hydrogens (tertiary/aromatic N) is 1. The molecule has 0 spiro atoms. The van der Waals surface area contributed by atoms with E-state index < -0.39 is 0 Å². The molecule has 1 aliphatic heterocycles. The SMILES string of the molecule is Cc1ccc(NC(=O)C2CCN(C(=O)c3ccccc3)CC2)cc1Cl. The standard InChI is InChI=1S/C20H21ClN2O2/c1-14-7-8-17(13-18(14)21)22-19(24)15-9-11-23(12-10-15)20(25)16-5-3-2-4-6-16/h2-8,13,15H,9-12H2,1H3,(H,22,24). The number of rotatable bonds is 3. The lowest BCUT2D eigenvalue weighted by molar-refractivity contribution is -0.121. The van der Waals surface area contributed by atoms with E-state index in [0.29, 0.717) is 42.2 Å². The molecule has 130 valence electrons. The van der Waals surface area contributed by atoms with Crippen LogP contribution in [-0.4, -0.2) is 29.8 Å². The van der Waals surface area contributed by atoms with Crippen LogP contribution >= 0.6 is 11.6 Å². The van der Waals surface area contributed by atoms with E-state index in [2.05, 4.69) is 5.32 Å². The summed E-state index contributed by atoms with van der Waals surface area (Å²) in [7, 11) is 0. The van der Waals surface area contributed by atoms with Gasteiger partial charge in [0.25, 0.3) is 5.91 Å². The van der Waals surface area contributed by atoms with E-state index in [0.717, 1.165) is 5.56 Å². The van der Waals surface area contributed by atoms with Crippen molar-refractivity contribution < 1.29 is 9.59 Å². The first-order valence-corrected chi connectivity index (χ1v) is 8.84. The van der Waals surface area contributed by atoms with E-state index in [9.17, 15) is 9.59 Å². The van der Waals surface area contributed by atoms with Crippen LogP contribution < -0.4 is 5.32 Å². The molecule has 1 saturated heterocycles. The minimum absolute atomic E-state index is 0.00766. The fraction of sp³-hybridized carbons (Fsp3) is 0.300. The third-order valence-corrected chi connectivity index (χ3v) is 5.02. The maximum absolute atomic E-state index is 12.5. The summed E-state index contributed by atoms with van der Waals surface area (Å²) >= 11 is 6.10. The first kappa shape index (κ1) is 17.5. The Bertz CT molecular complexity index is 769. The van der Waals surface area contributed by atoms with Crippen molar-refractivity contribution in [2.45, 2.75) is 19.8 Å². The Kier molecular flexibility index (Phi) is 5.39. The van der Waals surface area contributed by atoms with Crippen molar-refractivity contribution in [3.8, 4) is 0 Å². The van der Waals surface area contributed by atoms with Gasteiger partial charge in [-0.2, -0.15) is 0 Å². The van der Waals surface area contributed by atoms with E-state index in [1.165, 1.54) is 0 Å². The minimum Gasteiger partial charge on any atom is -0.339 e. The highest BCUT2D eigenvalue weighted by Crippen LogP contribution is 2.23. The molecule has 1 N–H and O–H groups in total. The lowest BCUT2D eigenvalue weighted by Crippen LogP contribution is -2.41. The van der Waals surface area contributed by atoms with Crippen LogP contribution in [0.3, 0.4) is 0 Å². The first-order chi connectivity index (χ1) is 12.0. The van der Waals surface area contributed by atoms with Gasteiger partial charge in [0.1, 0.15) is 0 Å². The van der Waals surface area contributed by atoms with Crippen LogP contribution in [0.4, 0.5) is 5.69 Å². The molecule has 5 heteroatoms. The molecule has 0 unspecified atom stereocenters. The van der Waals surface area contributed by atoms with Crippen molar-refractivity contribution in [3.63, 3.8) is 0 Å². The average molecular weight is 357 g/mol. The normalized spacial score (nSPS) is 15.0. The highest BCUT2D eigenvalue weighted by Gasteiger charge is 2.27. The Hall–Kier alpha value is -2.33. The largest absolute Gasteiger partial charge is 0.339 e. The Labute approximate surface area is 152 Å². The predicted octanol–water partition coefficient (Wildman–Crippen LogP) is 4.14. The van der Waals surface area contributed by atoms with Crippen LogP contribution in [-0.2, 0) is 4.79 Å². The number of hydrogen-bond acceptors (Lipinski definition) is 2. The summed E-state index contributed by atoms with van der Waals surface area (Å²) in [6, 6.07) is 14.8. The fourth-order valence-electron chi connectivity index (χ4n) is 3.02. The average Bonchev–Trinajstić information content (AvgIpc) is 2.65. The van der Waals surface area contributed by atoms with Crippen molar-refractivity contribution in [3.05, 3.63) is 64.7 Å². The first-order valence-electron chi connectivity index (χ1n) is 8.46. The molecule has 2 aromatic rings. The van der Waals surface area contributed by atoms with E-state index in [4.69, 9.17) is 11.6 Å². The molecule has 25 heavy (non-hydrogen) atoms. The predicted molar refractivity (Wildman–Crippen MR) is 99.9 cm³/mol. The zero-order valence-electron chi connectivity index (χ0n) is 14.2. The Morgan fingerprint density at radius 3 is 2.40 bits per heavy atom. The van der Waals surface area contributed by atoms with Crippen LogP contribution in [0.1, 0.15) is 28.8 Å². The lowest BCUT2D eigenvalue weighted by atomic mass is 9.95. The molecule has 1 heterocycles. The number of aryl methyl sites for hydroxylation is 1. The van der Waals surface area contributed by atoms with E-state index >= 15 is 0 Å². The molecule has 4 nitrogen and oxygen atoms in total. The molecule has 0 aliphatic carbocycles. The highest BCUT2D eigenvalue weighted by atomic mass is 35.5. The molecular formula is C20H21ClN2O2. The summed E-state index contributed by atoms with van der Waals surface area (Å²) in [5.41, 5.74) is 2.38. The number of halogens is 1. The van der Waals surface area contributed by atoms with Crippen molar-refractivity contribution in [1.82, 2.24) is 4.90 Å². The van der Waals surface area contributed by atoms with Crippen LogP contribution in [0.25, 0.3) is 0 Å². The maximum Gasteiger partial charge on any atom is 0.253 e. The van der Waals surface area contributed by atoms with Gasteiger partial charge in [-0.1, -0.05) is 35.9 Å². The monoisotopic (exact) mass is 356 g/mol. The second kappa shape index (κ2) is 7.70. The quantitative estimate of drug-likeness (QED) is 0.898. The van der Waals surface area contributed by atoms with Gasteiger partial charge in [0.15, 0.2) is 0 Å². The maximum atomic E-state index is 12.5. The molecule has 0 atom stereocenters. The third-order valence-electron chi connectivity index (χ3n) is 4.61. The van der Waals surface area contributed by atoms with Gasteiger partial charge in [0.2, 0.25) is 5.91 Å². The molecular weight excluding hydrogens is 336 g/mol. The Balaban J connectivity index is 1.55. The van der Waals surface area contributed by atoms with Crippen molar-refractivity contribution in [2.24, 2.45) is 5.92 Å². The van der Waals surface area contributed by atoms with Gasteiger partial charge < -0.3 is 10.2 Å². The van der Waals surface area contributed by atoms with Crippen molar-refractivity contribution in [1.29, 1.82) is 0 Å². The third kappa shape index (κ3) is 4.20. The smallest absolute Gasteiger partial charge is 0.253 e. The van der Waals surface area contributed by atoms with E-state index in [1.54, 1.807) is 6.07 Å². The molecule has 0 bridgehead atoms. The molecule has 0 aromatic heterocycles. The van der Waals surface area contributed by atoms with Gasteiger partial charge in [-0.3, -0.25) is 9.59 Å². The summed E-state index contributed by atoms with van der Waals surface area (Å²) in [6.07, 6.45) is 1.34. The zero-order valence-corrected chi connectivity index (χ0v) is 14.9. The summed E-state index contributed by atoms with van der Waals surface area (Å²) in [5.74, 6) is -0.0589. The number of amides is 2. The molecule has 1 aliphatic rings. The number of carbonyl (C=O) groups excluding carboxylic acids is 2. The summed E-state index contributed by atoms with van der Waals surface area (Å²) in [5, 5.41) is 3.57. The summed E-state index contributed by atoms with van der Waals surface area (Å²) < 4.78 is 0. The Morgan fingerprint density at radius 1 is 1.08 bits per heavy atom. The second-order valence-corrected chi connectivity index (χ2v) is 6.79. The number of piperidine rings is 1. The molecule has 2 amide bonds. The Morgan fingerprint density at radius 2 is 1.76 bits per heavy atom. The second-order valence-electron chi connectivity index (χ2n) is 6.39. The van der Waals surface area contributed by atoms with Crippen molar-refractivity contribution in [2.75, 3.05) is 18.4 Å². The molecule has 3 rings (SSSR count). The number of benzene rings is 2. The summed E-state index contributed by atoms with van der Waals surface area (Å²) in [6.45, 7) is 3.12. The van der Waals surface area contributed by atoms with Gasteiger partial charge in [-0.05, 0) is 49.6 Å². The molecule has 0 radical (unpaired) electrons. The van der Waals surface area contributed by atoms with Gasteiger partial charge >= 0.3 is 0 Å². The van der Waals surface area contributed by atoms with Gasteiger partial charge in [-0.25, -0.2) is 0 Å². The van der Waals surface area contributed by atoms with Crippen LogP contribution in [0.15, 0.2) is 48.5 Å². The number of carbonyl (C=O) groups is 2. The van der Waals surface area contributed by atoms with E-state index in [-0.39, 0.29) is 17.7 Å². The molecule has 2 aromatic carbocycles. The molecule has 1 fully saturated rings. The van der Waals surface area contributed by atoms with E-state index in [1.807, 2.05) is 54.3 Å². The van der Waals surface area contributed by atoms with Crippen molar-refractivity contribution >= 4 is 29.1 Å². The topological polar surface area (TPSA) is 49.4 Å². The summed E-state index contributed by atoms with van der Waals surface area (Å²) in [4.78, 5) is 26.7. The number of nitrogens with one attached hydrogen (secondary N) is 1. The van der Waals surface area contributed by atoms with Gasteiger partial charge in [0, 0.05) is 35.3 Å². The van der Waals surface area contributed by atoms with Gasteiger partial charge in [0.05, 0.1) is 0 Å². The van der Waals surface area contributed by atoms with Crippen LogP contribution in [0.2, 0.25) is 5.02 Å². The number of hydrogen-bond donors (Lipinski definition) is 1. The minimum atomic E-state index is -0.0834. The van der Waals surface area contributed by atoms with Crippen LogP contribution in [0.5, 0.6) is 0 Å². The van der Waals surface area contributed by atoms with Crippen LogP contribution in [0, 0.1) is 12.8 Å². The number of likely N-dealkylation sites (tertiary alicyclic amines) is 1. The highest BCUT2D eigenvalue weighted by molar-refractivity contribution is 6.31. The molecule has 0 saturated carbocycles. The van der Waals surface area contributed by atoms with Gasteiger partial charge in [-0.15, -0.1) is 0 Å². The fourth-order valence-corrected chi connectivity index (χ4v) is 3.20. The zero-order chi connectivity index (χ0) is 17.8.